The van der Waals surface area contributed by atoms with E-state index in [1.54, 1.807) is 0 Å². The lowest BCUT2D eigenvalue weighted by Gasteiger charge is -2.22. The van der Waals surface area contributed by atoms with Gasteiger partial charge in [0.25, 0.3) is 0 Å². The van der Waals surface area contributed by atoms with Crippen LogP contribution >= 0.6 is 0 Å². The molecule has 1 heteroatoms. The van der Waals surface area contributed by atoms with Crippen molar-refractivity contribution in [2.24, 2.45) is 11.8 Å². The van der Waals surface area contributed by atoms with Crippen LogP contribution in [0.15, 0.2) is 0 Å². The monoisotopic (exact) mass is 171 g/mol. The van der Waals surface area contributed by atoms with E-state index >= 15 is 0 Å². The molecule has 0 aromatic rings. The van der Waals surface area contributed by atoms with E-state index in [9.17, 15) is 0 Å². The zero-order valence-corrected chi connectivity index (χ0v) is 9.43. The number of hydrogen-bond acceptors (Lipinski definition) is 1. The van der Waals surface area contributed by atoms with Gasteiger partial charge in [-0.1, -0.05) is 34.1 Å². The smallest absolute Gasteiger partial charge is 0.000408 e. The van der Waals surface area contributed by atoms with Crippen LogP contribution < -0.4 is 0 Å². The molecule has 0 rings (SSSR count). The van der Waals surface area contributed by atoms with Gasteiger partial charge in [-0.15, -0.1) is 0 Å². The molecule has 1 nitrogen and oxygen atoms in total. The van der Waals surface area contributed by atoms with Gasteiger partial charge in [0, 0.05) is 13.1 Å². The van der Waals surface area contributed by atoms with Crippen LogP contribution in [-0.2, 0) is 0 Å². The maximum Gasteiger partial charge on any atom is 0.000408 e. The minimum atomic E-state index is 0.795. The van der Waals surface area contributed by atoms with Crippen molar-refractivity contribution in [2.75, 3.05) is 20.1 Å². The van der Waals surface area contributed by atoms with Gasteiger partial charge in [-0.2, -0.15) is 0 Å². The predicted molar refractivity (Wildman–Crippen MR) is 56.4 cm³/mol. The summed E-state index contributed by atoms with van der Waals surface area (Å²) in [7, 11) is 2.23. The summed E-state index contributed by atoms with van der Waals surface area (Å²) in [5.74, 6) is 1.66. The highest BCUT2D eigenvalue weighted by Crippen LogP contribution is 2.07. The molecule has 0 aliphatic carbocycles. The number of rotatable bonds is 6. The molecule has 74 valence electrons. The van der Waals surface area contributed by atoms with Crippen molar-refractivity contribution in [3.05, 3.63) is 0 Å². The Morgan fingerprint density at radius 3 is 2.08 bits per heavy atom. The molecule has 1 atom stereocenters. The van der Waals surface area contributed by atoms with Crippen molar-refractivity contribution in [3.8, 4) is 0 Å². The molecule has 0 saturated carbocycles. The van der Waals surface area contributed by atoms with E-state index in [0.29, 0.717) is 0 Å². The van der Waals surface area contributed by atoms with Crippen LogP contribution in [0, 0.1) is 11.8 Å². The first kappa shape index (κ1) is 12.0. The molecule has 0 bridgehead atoms. The van der Waals surface area contributed by atoms with E-state index in [4.69, 9.17) is 0 Å². The average Bonchev–Trinajstić information content (AvgIpc) is 1.84. The minimum absolute atomic E-state index is 0.795. The van der Waals surface area contributed by atoms with Crippen molar-refractivity contribution in [2.45, 2.75) is 40.5 Å². The Kier molecular flexibility index (Phi) is 6.45. The Labute approximate surface area is 78.1 Å². The van der Waals surface area contributed by atoms with Gasteiger partial charge >= 0.3 is 0 Å². The standard InChI is InChI=1S/C11H25N/c1-6-7-11(4)9-12(5)8-10(2)3/h10-11H,6-9H2,1-5H3. The van der Waals surface area contributed by atoms with Gasteiger partial charge in [0.05, 0.1) is 0 Å². The lowest BCUT2D eigenvalue weighted by Crippen LogP contribution is -2.28. The van der Waals surface area contributed by atoms with E-state index in [1.807, 2.05) is 0 Å². The highest BCUT2D eigenvalue weighted by molar-refractivity contribution is 4.60. The highest BCUT2D eigenvalue weighted by Gasteiger charge is 2.06. The zero-order valence-electron chi connectivity index (χ0n) is 9.43. The molecular weight excluding hydrogens is 146 g/mol. The maximum absolute atomic E-state index is 2.45. The van der Waals surface area contributed by atoms with Crippen LogP contribution in [0.5, 0.6) is 0 Å². The van der Waals surface area contributed by atoms with Gasteiger partial charge in [0.15, 0.2) is 0 Å². The molecule has 0 aliphatic rings. The van der Waals surface area contributed by atoms with Crippen molar-refractivity contribution < 1.29 is 0 Å². The Bertz CT molecular complexity index is 99.2. The van der Waals surface area contributed by atoms with Crippen LogP contribution in [-0.4, -0.2) is 25.0 Å². The Morgan fingerprint density at radius 2 is 1.67 bits per heavy atom. The summed E-state index contributed by atoms with van der Waals surface area (Å²) in [5.41, 5.74) is 0. The summed E-state index contributed by atoms with van der Waals surface area (Å²) in [4.78, 5) is 2.45. The average molecular weight is 171 g/mol. The van der Waals surface area contributed by atoms with Crippen LogP contribution in [0.4, 0.5) is 0 Å². The summed E-state index contributed by atoms with van der Waals surface area (Å²) >= 11 is 0. The first-order valence-electron chi connectivity index (χ1n) is 5.24. The molecular formula is C11H25N. The van der Waals surface area contributed by atoms with Gasteiger partial charge in [-0.25, -0.2) is 0 Å². The van der Waals surface area contributed by atoms with Crippen LogP contribution in [0.2, 0.25) is 0 Å². The summed E-state index contributed by atoms with van der Waals surface area (Å²) in [6.07, 6.45) is 2.68. The number of nitrogens with zero attached hydrogens (tertiary/aromatic N) is 1. The van der Waals surface area contributed by atoms with Crippen molar-refractivity contribution >= 4 is 0 Å². The van der Waals surface area contributed by atoms with Gasteiger partial charge in [-0.05, 0) is 25.3 Å². The van der Waals surface area contributed by atoms with E-state index in [1.165, 1.54) is 25.9 Å². The van der Waals surface area contributed by atoms with Crippen LogP contribution in [0.1, 0.15) is 40.5 Å². The van der Waals surface area contributed by atoms with Crippen molar-refractivity contribution in [1.29, 1.82) is 0 Å². The minimum Gasteiger partial charge on any atom is -0.306 e. The second-order valence-corrected chi connectivity index (χ2v) is 4.51. The third-order valence-corrected chi connectivity index (χ3v) is 2.08. The molecule has 0 heterocycles. The second kappa shape index (κ2) is 6.47. The third kappa shape index (κ3) is 6.66. The summed E-state index contributed by atoms with van der Waals surface area (Å²) < 4.78 is 0. The summed E-state index contributed by atoms with van der Waals surface area (Å²) in [5, 5.41) is 0. The van der Waals surface area contributed by atoms with Crippen LogP contribution in [0.3, 0.4) is 0 Å². The molecule has 12 heavy (non-hydrogen) atoms. The lowest BCUT2D eigenvalue weighted by atomic mass is 10.1. The van der Waals surface area contributed by atoms with Crippen molar-refractivity contribution in [3.63, 3.8) is 0 Å². The molecule has 0 saturated heterocycles. The van der Waals surface area contributed by atoms with E-state index in [0.717, 1.165) is 11.8 Å². The largest absolute Gasteiger partial charge is 0.306 e. The van der Waals surface area contributed by atoms with E-state index in [-0.39, 0.29) is 0 Å². The lowest BCUT2D eigenvalue weighted by molar-refractivity contribution is 0.251. The quantitative estimate of drug-likeness (QED) is 0.594. The van der Waals surface area contributed by atoms with E-state index < -0.39 is 0 Å². The fourth-order valence-corrected chi connectivity index (χ4v) is 1.81. The Balaban J connectivity index is 3.46. The normalized spacial score (nSPS) is 14.2. The molecule has 0 spiro atoms. The predicted octanol–water partition coefficient (Wildman–Crippen LogP) is 3.01. The van der Waals surface area contributed by atoms with E-state index in [2.05, 4.69) is 39.6 Å². The highest BCUT2D eigenvalue weighted by atomic mass is 15.1. The van der Waals surface area contributed by atoms with Gasteiger partial charge in [0.2, 0.25) is 0 Å². The van der Waals surface area contributed by atoms with Crippen molar-refractivity contribution in [1.82, 2.24) is 4.90 Å². The molecule has 0 aromatic heterocycles. The molecule has 0 aromatic carbocycles. The molecule has 0 amide bonds. The Hall–Kier alpha value is -0.0400. The number of hydrogen-bond donors (Lipinski definition) is 0. The first-order chi connectivity index (χ1) is 5.56. The molecule has 0 aliphatic heterocycles. The molecule has 0 fully saturated rings. The SMILES string of the molecule is CCCC(C)CN(C)CC(C)C. The fraction of sp³-hybridized carbons (Fsp3) is 1.00. The summed E-state index contributed by atoms with van der Waals surface area (Å²) in [6, 6.07) is 0. The topological polar surface area (TPSA) is 3.24 Å². The Morgan fingerprint density at radius 1 is 1.08 bits per heavy atom. The first-order valence-corrected chi connectivity index (χ1v) is 5.24. The van der Waals surface area contributed by atoms with Gasteiger partial charge in [-0.3, -0.25) is 0 Å². The third-order valence-electron chi connectivity index (χ3n) is 2.08. The maximum atomic E-state index is 2.45. The molecule has 0 radical (unpaired) electrons. The van der Waals surface area contributed by atoms with Crippen LogP contribution in [0.25, 0.3) is 0 Å². The summed E-state index contributed by atoms with van der Waals surface area (Å²) in [6.45, 7) is 11.7. The molecule has 0 N–H and O–H groups in total. The fourth-order valence-electron chi connectivity index (χ4n) is 1.81. The van der Waals surface area contributed by atoms with Gasteiger partial charge < -0.3 is 4.90 Å². The molecule has 1 unspecified atom stereocenters. The zero-order chi connectivity index (χ0) is 9.56. The van der Waals surface area contributed by atoms with Gasteiger partial charge in [0.1, 0.15) is 0 Å². The second-order valence-electron chi connectivity index (χ2n) is 4.51.